The Bertz CT molecular complexity index is 955. The predicted molar refractivity (Wildman–Crippen MR) is 123 cm³/mol. The van der Waals surface area contributed by atoms with Crippen LogP contribution in [0.1, 0.15) is 70.8 Å². The zero-order chi connectivity index (χ0) is 22.3. The number of H-pyrrole nitrogens is 1. The third-order valence-corrected chi connectivity index (χ3v) is 4.64. The Morgan fingerprint density at radius 3 is 2.03 bits per heavy atom. The smallest absolute Gasteiger partial charge is 0.221 e. The molecule has 0 fully saturated rings. The molecule has 2 amide bonds. The van der Waals surface area contributed by atoms with Gasteiger partial charge in [0.05, 0.1) is 17.1 Å². The molecule has 0 unspecified atom stereocenters. The van der Waals surface area contributed by atoms with E-state index in [0.29, 0.717) is 29.9 Å². The highest BCUT2D eigenvalue weighted by molar-refractivity contribution is 6.05. The van der Waals surface area contributed by atoms with Gasteiger partial charge in [-0.25, -0.2) is 0 Å². The van der Waals surface area contributed by atoms with E-state index in [0.717, 1.165) is 23.7 Å². The molecule has 0 bridgehead atoms. The number of hydrogen-bond donors (Lipinski definition) is 3. The molecular weight excluding hydrogens is 378 g/mol. The number of allylic oxidation sites excluding steroid dienone is 4. The van der Waals surface area contributed by atoms with Gasteiger partial charge in [-0.05, 0) is 58.2 Å². The second-order valence-electron chi connectivity index (χ2n) is 7.86. The molecule has 2 rings (SSSR count). The molecule has 0 aliphatic rings. The standard InChI is InChI=1S/C24H31N3O3/c1-15(2)8-6-9-16(3)10-7-11-24(30)23-13-19-12-21(25-17(4)28)22(26-18(5)29)14-20(19)27-23/h8,10,12-14,27H,6-7,9,11H2,1-5H3,(H,25,28)(H,26,29)/b16-10+. The molecule has 160 valence electrons. The van der Waals surface area contributed by atoms with Crippen LogP contribution in [0.5, 0.6) is 0 Å². The maximum absolute atomic E-state index is 12.6. The number of rotatable bonds is 9. The van der Waals surface area contributed by atoms with Crippen LogP contribution in [-0.2, 0) is 9.59 Å². The molecule has 0 radical (unpaired) electrons. The number of carbonyl (C=O) groups is 3. The van der Waals surface area contributed by atoms with Crippen molar-refractivity contribution in [3.63, 3.8) is 0 Å². The molecule has 2 aromatic rings. The second kappa shape index (κ2) is 10.6. The number of hydrogen-bond acceptors (Lipinski definition) is 3. The number of fused-ring (bicyclic) bond motifs is 1. The highest BCUT2D eigenvalue weighted by Gasteiger charge is 2.13. The van der Waals surface area contributed by atoms with E-state index in [1.165, 1.54) is 25.0 Å². The quantitative estimate of drug-likeness (QED) is 0.364. The minimum Gasteiger partial charge on any atom is -0.352 e. The highest BCUT2D eigenvalue weighted by atomic mass is 16.2. The van der Waals surface area contributed by atoms with Gasteiger partial charge in [0, 0.05) is 31.2 Å². The Morgan fingerprint density at radius 1 is 0.833 bits per heavy atom. The molecule has 3 N–H and O–H groups in total. The van der Waals surface area contributed by atoms with E-state index in [9.17, 15) is 14.4 Å². The van der Waals surface area contributed by atoms with Crippen molar-refractivity contribution in [3.8, 4) is 0 Å². The molecule has 0 saturated heterocycles. The molecule has 1 aromatic heterocycles. The van der Waals surface area contributed by atoms with Gasteiger partial charge >= 0.3 is 0 Å². The lowest BCUT2D eigenvalue weighted by atomic mass is 10.1. The Hall–Kier alpha value is -3.15. The molecule has 0 saturated carbocycles. The third kappa shape index (κ3) is 7.03. The number of nitrogens with one attached hydrogen (secondary N) is 3. The van der Waals surface area contributed by atoms with Gasteiger partial charge in [0.15, 0.2) is 5.78 Å². The van der Waals surface area contributed by atoms with Crippen LogP contribution in [-0.4, -0.2) is 22.6 Å². The number of amides is 2. The van der Waals surface area contributed by atoms with Crippen molar-refractivity contribution in [2.45, 2.75) is 60.3 Å². The lowest BCUT2D eigenvalue weighted by Gasteiger charge is -2.10. The molecular formula is C24H31N3O3. The number of aromatic amines is 1. The van der Waals surface area contributed by atoms with Gasteiger partial charge in [0.1, 0.15) is 0 Å². The van der Waals surface area contributed by atoms with E-state index in [-0.39, 0.29) is 17.6 Å². The summed E-state index contributed by atoms with van der Waals surface area (Å²) >= 11 is 0. The van der Waals surface area contributed by atoms with Crippen molar-refractivity contribution in [3.05, 3.63) is 47.2 Å². The third-order valence-electron chi connectivity index (χ3n) is 4.64. The minimum absolute atomic E-state index is 0.0294. The van der Waals surface area contributed by atoms with Gasteiger partial charge in [-0.15, -0.1) is 0 Å². The van der Waals surface area contributed by atoms with Crippen LogP contribution < -0.4 is 10.6 Å². The van der Waals surface area contributed by atoms with E-state index in [2.05, 4.69) is 48.5 Å². The highest BCUT2D eigenvalue weighted by Crippen LogP contribution is 2.29. The van der Waals surface area contributed by atoms with Crippen molar-refractivity contribution in [2.75, 3.05) is 10.6 Å². The fourth-order valence-corrected chi connectivity index (χ4v) is 3.19. The van der Waals surface area contributed by atoms with Crippen molar-refractivity contribution in [1.29, 1.82) is 0 Å². The average Bonchev–Trinajstić information content (AvgIpc) is 3.03. The topological polar surface area (TPSA) is 91.1 Å². The van der Waals surface area contributed by atoms with Gasteiger partial charge in [-0.1, -0.05) is 23.3 Å². The minimum atomic E-state index is -0.240. The Kier molecular flexibility index (Phi) is 8.16. The monoisotopic (exact) mass is 409 g/mol. The summed E-state index contributed by atoms with van der Waals surface area (Å²) in [6, 6.07) is 5.26. The van der Waals surface area contributed by atoms with E-state index in [1.54, 1.807) is 18.2 Å². The summed E-state index contributed by atoms with van der Waals surface area (Å²) in [5, 5.41) is 6.22. The first kappa shape index (κ1) is 23.1. The maximum Gasteiger partial charge on any atom is 0.221 e. The summed E-state index contributed by atoms with van der Waals surface area (Å²) in [5.74, 6) is -0.447. The van der Waals surface area contributed by atoms with Crippen LogP contribution in [0.2, 0.25) is 0 Å². The van der Waals surface area contributed by atoms with E-state index < -0.39 is 0 Å². The van der Waals surface area contributed by atoms with Gasteiger partial charge in [-0.3, -0.25) is 14.4 Å². The fourth-order valence-electron chi connectivity index (χ4n) is 3.19. The first-order valence-corrected chi connectivity index (χ1v) is 10.2. The summed E-state index contributed by atoms with van der Waals surface area (Å²) in [7, 11) is 0. The predicted octanol–water partition coefficient (Wildman–Crippen LogP) is 5.74. The normalized spacial score (nSPS) is 11.3. The maximum atomic E-state index is 12.6. The van der Waals surface area contributed by atoms with Crippen LogP contribution in [0.4, 0.5) is 11.4 Å². The summed E-state index contributed by atoms with van der Waals surface area (Å²) in [6.07, 6.45) is 7.49. The summed E-state index contributed by atoms with van der Waals surface area (Å²) < 4.78 is 0. The Balaban J connectivity index is 2.12. The zero-order valence-electron chi connectivity index (χ0n) is 18.4. The van der Waals surface area contributed by atoms with Crippen LogP contribution >= 0.6 is 0 Å². The van der Waals surface area contributed by atoms with E-state index >= 15 is 0 Å². The lowest BCUT2D eigenvalue weighted by Crippen LogP contribution is -2.12. The average molecular weight is 410 g/mol. The SMILES string of the molecule is CC(=O)Nc1cc2cc(C(=O)CC/C=C(\C)CCC=C(C)C)[nH]c2cc1NC(C)=O. The zero-order valence-corrected chi connectivity index (χ0v) is 18.4. The molecule has 6 nitrogen and oxygen atoms in total. The molecule has 30 heavy (non-hydrogen) atoms. The molecule has 6 heteroatoms. The number of benzene rings is 1. The molecule has 1 heterocycles. The van der Waals surface area contributed by atoms with Crippen LogP contribution in [0.3, 0.4) is 0 Å². The van der Waals surface area contributed by atoms with Crippen LogP contribution in [0.15, 0.2) is 41.5 Å². The van der Waals surface area contributed by atoms with Gasteiger partial charge < -0.3 is 15.6 Å². The summed E-state index contributed by atoms with van der Waals surface area (Å²) in [4.78, 5) is 38.7. The van der Waals surface area contributed by atoms with Gasteiger partial charge in [0.2, 0.25) is 11.8 Å². The molecule has 0 aliphatic heterocycles. The van der Waals surface area contributed by atoms with Gasteiger partial charge in [-0.2, -0.15) is 0 Å². The van der Waals surface area contributed by atoms with Crippen molar-refractivity contribution >= 4 is 39.9 Å². The van der Waals surface area contributed by atoms with E-state index in [4.69, 9.17) is 0 Å². The molecule has 0 atom stereocenters. The summed E-state index contributed by atoms with van der Waals surface area (Å²) in [5.41, 5.74) is 4.84. The van der Waals surface area contributed by atoms with Crippen molar-refractivity contribution in [1.82, 2.24) is 4.98 Å². The molecule has 0 aliphatic carbocycles. The fraction of sp³-hybridized carbons (Fsp3) is 0.375. The first-order valence-electron chi connectivity index (χ1n) is 10.2. The van der Waals surface area contributed by atoms with Gasteiger partial charge in [0.25, 0.3) is 0 Å². The number of anilines is 2. The molecule has 0 spiro atoms. The van der Waals surface area contributed by atoms with E-state index in [1.807, 2.05) is 0 Å². The number of ketones is 1. The Morgan fingerprint density at radius 2 is 1.43 bits per heavy atom. The summed E-state index contributed by atoms with van der Waals surface area (Å²) in [6.45, 7) is 9.09. The number of carbonyl (C=O) groups excluding carboxylic acids is 3. The Labute approximate surface area is 177 Å². The largest absolute Gasteiger partial charge is 0.352 e. The number of aromatic nitrogens is 1. The second-order valence-corrected chi connectivity index (χ2v) is 7.86. The van der Waals surface area contributed by atoms with Crippen molar-refractivity contribution < 1.29 is 14.4 Å². The van der Waals surface area contributed by atoms with Crippen LogP contribution in [0, 0.1) is 0 Å². The lowest BCUT2D eigenvalue weighted by molar-refractivity contribution is -0.115. The first-order chi connectivity index (χ1) is 14.2. The van der Waals surface area contributed by atoms with Crippen LogP contribution in [0.25, 0.3) is 10.9 Å². The van der Waals surface area contributed by atoms with Crippen molar-refractivity contribution in [2.24, 2.45) is 0 Å². The number of Topliss-reactive ketones (excluding diaryl/α,β-unsaturated/α-hetero) is 1. The molecule has 1 aromatic carbocycles.